The van der Waals surface area contributed by atoms with Crippen LogP contribution < -0.4 is 18.7 Å². The first-order valence-corrected chi connectivity index (χ1v) is 9.39. The van der Waals surface area contributed by atoms with Gasteiger partial charge in [0.05, 0.1) is 49.0 Å². The maximum absolute atomic E-state index is 5.84. The molecule has 0 saturated carbocycles. The van der Waals surface area contributed by atoms with Gasteiger partial charge in [0.25, 0.3) is 0 Å². The molecule has 1 fully saturated rings. The lowest BCUT2D eigenvalue weighted by atomic mass is 10.2. The number of rotatable bonds is 5. The first-order chi connectivity index (χ1) is 12.3. The zero-order chi connectivity index (χ0) is 17.1. The molecular weight excluding hydrogens is 334 g/mol. The SMILES string of the molecule is COc1cccc(N2SN(CC[C@@H]3CNCCO3)c3ccccc32)c1. The van der Waals surface area contributed by atoms with Crippen LogP contribution >= 0.6 is 12.1 Å². The molecule has 0 spiro atoms. The van der Waals surface area contributed by atoms with E-state index in [0.29, 0.717) is 6.10 Å². The number of hydrogen-bond donors (Lipinski definition) is 1. The normalized spacial score (nSPS) is 19.8. The van der Waals surface area contributed by atoms with Crippen molar-refractivity contribution < 1.29 is 9.47 Å². The monoisotopic (exact) mass is 357 g/mol. The Bertz CT molecular complexity index is 721. The Balaban J connectivity index is 1.52. The smallest absolute Gasteiger partial charge is 0.120 e. The van der Waals surface area contributed by atoms with Gasteiger partial charge in [-0.3, -0.25) is 8.61 Å². The number of para-hydroxylation sites is 2. The Kier molecular flexibility index (Phi) is 5.01. The third-order valence-electron chi connectivity index (χ3n) is 4.50. The number of fused-ring (bicyclic) bond motifs is 1. The number of benzene rings is 2. The van der Waals surface area contributed by atoms with Crippen molar-refractivity contribution in [3.05, 3.63) is 48.5 Å². The first-order valence-electron chi connectivity index (χ1n) is 8.66. The highest BCUT2D eigenvalue weighted by Gasteiger charge is 2.29. The van der Waals surface area contributed by atoms with Gasteiger partial charge in [-0.15, -0.1) is 0 Å². The summed E-state index contributed by atoms with van der Waals surface area (Å²) in [5.74, 6) is 0.871. The van der Waals surface area contributed by atoms with Crippen LogP contribution in [-0.4, -0.2) is 39.5 Å². The maximum atomic E-state index is 5.84. The zero-order valence-corrected chi connectivity index (χ0v) is 15.2. The van der Waals surface area contributed by atoms with E-state index >= 15 is 0 Å². The van der Waals surface area contributed by atoms with Gasteiger partial charge in [0.1, 0.15) is 5.75 Å². The zero-order valence-electron chi connectivity index (χ0n) is 14.4. The molecule has 6 heteroatoms. The Hall–Kier alpha value is -1.89. The van der Waals surface area contributed by atoms with Gasteiger partial charge in [0.2, 0.25) is 0 Å². The number of nitrogens with zero attached hydrogens (tertiary/aromatic N) is 2. The number of methoxy groups -OCH3 is 1. The fraction of sp³-hybridized carbons (Fsp3) is 0.368. The van der Waals surface area contributed by atoms with Crippen molar-refractivity contribution in [2.24, 2.45) is 0 Å². The van der Waals surface area contributed by atoms with E-state index in [1.807, 2.05) is 12.1 Å². The summed E-state index contributed by atoms with van der Waals surface area (Å²) < 4.78 is 15.8. The van der Waals surface area contributed by atoms with E-state index in [9.17, 15) is 0 Å². The molecule has 1 atom stereocenters. The Morgan fingerprint density at radius 1 is 1.20 bits per heavy atom. The van der Waals surface area contributed by atoms with Crippen LogP contribution in [0.15, 0.2) is 48.5 Å². The van der Waals surface area contributed by atoms with Crippen LogP contribution in [0.2, 0.25) is 0 Å². The number of nitrogens with one attached hydrogen (secondary N) is 1. The van der Waals surface area contributed by atoms with Crippen molar-refractivity contribution in [2.75, 3.05) is 42.0 Å². The van der Waals surface area contributed by atoms with E-state index in [0.717, 1.165) is 44.1 Å². The molecule has 1 saturated heterocycles. The van der Waals surface area contributed by atoms with E-state index in [4.69, 9.17) is 9.47 Å². The summed E-state index contributed by atoms with van der Waals surface area (Å²) in [5, 5.41) is 3.40. The van der Waals surface area contributed by atoms with Crippen molar-refractivity contribution in [3.63, 3.8) is 0 Å². The molecule has 4 rings (SSSR count). The molecule has 25 heavy (non-hydrogen) atoms. The first kappa shape index (κ1) is 16.6. The summed E-state index contributed by atoms with van der Waals surface area (Å²) in [4.78, 5) is 0. The minimum Gasteiger partial charge on any atom is -0.497 e. The standard InChI is InChI=1S/C19H23N3O2S/c1-23-16-6-4-5-15(13-16)22-19-8-3-2-7-18(19)21(25-22)11-9-17-14-20-10-12-24-17/h2-8,13,17,20H,9-12,14H2,1H3/t17-/m1/s1. The van der Waals surface area contributed by atoms with Crippen LogP contribution in [0.3, 0.4) is 0 Å². The second-order valence-corrected chi connectivity index (χ2v) is 7.12. The van der Waals surface area contributed by atoms with Crippen molar-refractivity contribution in [2.45, 2.75) is 12.5 Å². The molecule has 0 aliphatic carbocycles. The number of ether oxygens (including phenoxy) is 2. The molecule has 5 nitrogen and oxygen atoms in total. The van der Waals surface area contributed by atoms with Crippen molar-refractivity contribution in [1.29, 1.82) is 0 Å². The summed E-state index contributed by atoms with van der Waals surface area (Å²) in [6, 6.07) is 16.7. The summed E-state index contributed by atoms with van der Waals surface area (Å²) >= 11 is 1.74. The van der Waals surface area contributed by atoms with Crippen LogP contribution in [0, 0.1) is 0 Å². The lowest BCUT2D eigenvalue weighted by molar-refractivity contribution is 0.0254. The fourth-order valence-electron chi connectivity index (χ4n) is 3.18. The minimum absolute atomic E-state index is 0.299. The lowest BCUT2D eigenvalue weighted by Crippen LogP contribution is -2.39. The van der Waals surface area contributed by atoms with Gasteiger partial charge in [0.15, 0.2) is 0 Å². The summed E-state index contributed by atoms with van der Waals surface area (Å²) in [5.41, 5.74) is 3.58. The summed E-state index contributed by atoms with van der Waals surface area (Å²) in [7, 11) is 1.70. The number of hydrogen-bond acceptors (Lipinski definition) is 6. The largest absolute Gasteiger partial charge is 0.497 e. The highest BCUT2D eigenvalue weighted by Crippen LogP contribution is 2.49. The summed E-state index contributed by atoms with van der Waals surface area (Å²) in [6.45, 7) is 3.67. The molecule has 0 bridgehead atoms. The average molecular weight is 357 g/mol. The van der Waals surface area contributed by atoms with Gasteiger partial charge in [-0.25, -0.2) is 0 Å². The average Bonchev–Trinajstić information content (AvgIpc) is 3.06. The van der Waals surface area contributed by atoms with Gasteiger partial charge in [-0.1, -0.05) is 18.2 Å². The molecule has 1 N–H and O–H groups in total. The molecule has 2 heterocycles. The van der Waals surface area contributed by atoms with Crippen LogP contribution in [0.25, 0.3) is 0 Å². The Morgan fingerprint density at radius 3 is 2.88 bits per heavy atom. The van der Waals surface area contributed by atoms with Gasteiger partial charge in [-0.2, -0.15) is 0 Å². The second-order valence-electron chi connectivity index (χ2n) is 6.15. The van der Waals surface area contributed by atoms with Gasteiger partial charge in [0, 0.05) is 25.7 Å². The van der Waals surface area contributed by atoms with E-state index in [2.05, 4.69) is 50.3 Å². The van der Waals surface area contributed by atoms with Gasteiger partial charge in [-0.05, 0) is 30.7 Å². The van der Waals surface area contributed by atoms with Crippen molar-refractivity contribution in [1.82, 2.24) is 5.32 Å². The van der Waals surface area contributed by atoms with E-state index in [-0.39, 0.29) is 0 Å². The van der Waals surface area contributed by atoms with Gasteiger partial charge >= 0.3 is 0 Å². The van der Waals surface area contributed by atoms with Crippen molar-refractivity contribution >= 4 is 29.2 Å². The molecule has 0 unspecified atom stereocenters. The number of morpholine rings is 1. The highest BCUT2D eigenvalue weighted by molar-refractivity contribution is 8.02. The second kappa shape index (κ2) is 7.56. The predicted octanol–water partition coefficient (Wildman–Crippen LogP) is 3.60. The van der Waals surface area contributed by atoms with E-state index in [1.165, 1.54) is 11.4 Å². The van der Waals surface area contributed by atoms with E-state index < -0.39 is 0 Å². The highest BCUT2D eigenvalue weighted by atomic mass is 32.2. The minimum atomic E-state index is 0.299. The Morgan fingerprint density at radius 2 is 2.08 bits per heavy atom. The summed E-state index contributed by atoms with van der Waals surface area (Å²) in [6.07, 6.45) is 1.31. The molecule has 132 valence electrons. The molecule has 0 amide bonds. The quantitative estimate of drug-likeness (QED) is 0.824. The molecule has 2 aromatic rings. The van der Waals surface area contributed by atoms with Crippen molar-refractivity contribution in [3.8, 4) is 5.75 Å². The molecule has 0 aromatic heterocycles. The molecule has 2 aliphatic rings. The van der Waals surface area contributed by atoms with Crippen LogP contribution in [0.4, 0.5) is 17.1 Å². The molecule has 2 aliphatic heterocycles. The molecule has 0 radical (unpaired) electrons. The van der Waals surface area contributed by atoms with Crippen LogP contribution in [-0.2, 0) is 4.74 Å². The van der Waals surface area contributed by atoms with Crippen LogP contribution in [0.5, 0.6) is 5.75 Å². The lowest BCUT2D eigenvalue weighted by Gasteiger charge is -2.26. The third-order valence-corrected chi connectivity index (χ3v) is 5.64. The topological polar surface area (TPSA) is 37.0 Å². The Labute approximate surface area is 153 Å². The molecule has 2 aromatic carbocycles. The predicted molar refractivity (Wildman–Crippen MR) is 104 cm³/mol. The van der Waals surface area contributed by atoms with Gasteiger partial charge < -0.3 is 14.8 Å². The third kappa shape index (κ3) is 3.56. The number of anilines is 3. The van der Waals surface area contributed by atoms with Crippen LogP contribution in [0.1, 0.15) is 6.42 Å². The maximum Gasteiger partial charge on any atom is 0.120 e. The molecular formula is C19H23N3O2S. The van der Waals surface area contributed by atoms with E-state index in [1.54, 1.807) is 19.2 Å². The fourth-order valence-corrected chi connectivity index (χ4v) is 4.26.